The third-order valence-electron chi connectivity index (χ3n) is 15.1. The third-order valence-corrected chi connectivity index (χ3v) is 17.0. The number of phosphoric ester groups is 2. The fraction of sp³-hybridized carbons (Fsp3) is 0.938. The monoisotopic (exact) mass is 1230 g/mol. The second-order valence-corrected chi connectivity index (χ2v) is 26.8. The second kappa shape index (κ2) is 56.6. The van der Waals surface area contributed by atoms with Gasteiger partial charge in [-0.1, -0.05) is 266 Å². The lowest BCUT2D eigenvalue weighted by atomic mass is 10.00. The number of hydrogen-bond acceptors (Lipinski definition) is 15. The summed E-state index contributed by atoms with van der Waals surface area (Å²) in [6.07, 6.45) is 39.0. The Morgan fingerprint density at radius 2 is 0.614 bits per heavy atom. The molecule has 492 valence electrons. The fourth-order valence-corrected chi connectivity index (χ4v) is 11.1. The van der Waals surface area contributed by atoms with E-state index in [1.54, 1.807) is 0 Å². The lowest BCUT2D eigenvalue weighted by Gasteiger charge is -2.21. The minimum atomic E-state index is -4.94. The number of rotatable bonds is 63. The summed E-state index contributed by atoms with van der Waals surface area (Å²) in [5.74, 6) is -0.621. The van der Waals surface area contributed by atoms with E-state index in [0.29, 0.717) is 25.7 Å². The number of unbranched alkanes of at least 4 members (excludes halogenated alkanes) is 32. The smallest absolute Gasteiger partial charge is 0.462 e. The highest BCUT2D eigenvalue weighted by atomic mass is 31.2. The van der Waals surface area contributed by atoms with E-state index in [1.807, 2.05) is 0 Å². The zero-order chi connectivity index (χ0) is 61.5. The van der Waals surface area contributed by atoms with Crippen molar-refractivity contribution in [1.29, 1.82) is 0 Å². The van der Waals surface area contributed by atoms with Crippen molar-refractivity contribution in [2.24, 2.45) is 11.8 Å². The number of hydrogen-bond donors (Lipinski definition) is 3. The molecule has 0 fully saturated rings. The number of aliphatic hydroxyl groups is 1. The molecule has 0 heterocycles. The first-order valence-corrected chi connectivity index (χ1v) is 36.5. The van der Waals surface area contributed by atoms with E-state index in [9.17, 15) is 43.2 Å². The summed E-state index contributed by atoms with van der Waals surface area (Å²) in [5, 5.41) is 10.5. The van der Waals surface area contributed by atoms with Gasteiger partial charge in [0.05, 0.1) is 26.4 Å². The summed E-state index contributed by atoms with van der Waals surface area (Å²) in [6, 6.07) is 0. The van der Waals surface area contributed by atoms with Crippen LogP contribution in [0, 0.1) is 11.8 Å². The molecule has 3 unspecified atom stereocenters. The van der Waals surface area contributed by atoms with Crippen molar-refractivity contribution in [3.05, 3.63) is 0 Å². The maximum Gasteiger partial charge on any atom is 0.472 e. The Morgan fingerprint density at radius 1 is 0.349 bits per heavy atom. The van der Waals surface area contributed by atoms with Crippen LogP contribution in [0.25, 0.3) is 0 Å². The first-order chi connectivity index (χ1) is 39.9. The molecule has 0 aromatic carbocycles. The van der Waals surface area contributed by atoms with Gasteiger partial charge in [-0.3, -0.25) is 37.3 Å². The van der Waals surface area contributed by atoms with Crippen molar-refractivity contribution in [1.82, 2.24) is 0 Å². The van der Waals surface area contributed by atoms with E-state index in [2.05, 4.69) is 41.5 Å². The average molecular weight is 1230 g/mol. The first-order valence-electron chi connectivity index (χ1n) is 33.5. The molecular weight excluding hydrogens is 1100 g/mol. The van der Waals surface area contributed by atoms with Crippen molar-refractivity contribution in [3.8, 4) is 0 Å². The van der Waals surface area contributed by atoms with Crippen LogP contribution in [-0.2, 0) is 65.4 Å². The van der Waals surface area contributed by atoms with Crippen LogP contribution in [0.4, 0.5) is 0 Å². The Bertz CT molecular complexity index is 1630. The number of aliphatic hydroxyl groups excluding tert-OH is 1. The van der Waals surface area contributed by atoms with Crippen LogP contribution in [0.3, 0.4) is 0 Å². The molecule has 83 heavy (non-hydrogen) atoms. The number of carbonyl (C=O) groups excluding carboxylic acids is 4. The van der Waals surface area contributed by atoms with Gasteiger partial charge in [-0.15, -0.1) is 0 Å². The summed E-state index contributed by atoms with van der Waals surface area (Å²) in [7, 11) is -9.88. The SMILES string of the molecule is CCCCCCCCCCCCC(=O)O[C@H](COC(=O)CCCCCCCCC)COP(=O)(O)OC[C@H](O)COP(=O)(O)OC[C@@H](COC(=O)CCCCCCCCC(C)CC)OC(=O)CCCCCCCCCCCCCCCC(C)C. The van der Waals surface area contributed by atoms with Gasteiger partial charge in [-0.25, -0.2) is 9.13 Å². The lowest BCUT2D eigenvalue weighted by molar-refractivity contribution is -0.161. The van der Waals surface area contributed by atoms with Crippen LogP contribution >= 0.6 is 15.6 Å². The maximum atomic E-state index is 13.0. The van der Waals surface area contributed by atoms with Gasteiger partial charge in [0.15, 0.2) is 12.2 Å². The summed E-state index contributed by atoms with van der Waals surface area (Å²) in [5.41, 5.74) is 0. The number of carbonyl (C=O) groups is 4. The number of ether oxygens (including phenoxy) is 4. The van der Waals surface area contributed by atoms with Crippen LogP contribution in [0.1, 0.15) is 318 Å². The topological polar surface area (TPSA) is 237 Å². The maximum absolute atomic E-state index is 13.0. The van der Waals surface area contributed by atoms with Gasteiger partial charge in [-0.2, -0.15) is 0 Å². The molecule has 0 aliphatic heterocycles. The first kappa shape index (κ1) is 81.1. The predicted octanol–water partition coefficient (Wildman–Crippen LogP) is 17.7. The quantitative estimate of drug-likeness (QED) is 0.0222. The highest BCUT2D eigenvalue weighted by Gasteiger charge is 2.30. The van der Waals surface area contributed by atoms with Gasteiger partial charge in [0.2, 0.25) is 0 Å². The standard InChI is InChI=1S/C64H124O17P2/c1-7-10-12-14-16-17-24-28-36-42-48-63(68)80-59(52-74-61(66)46-40-34-26-15-13-11-8-2)54-78-82(70,71)76-50-58(65)51-77-83(72,73)79-55-60(53-75-62(67)47-41-35-31-30-33-39-45-57(6)9-3)81-64(69)49-43-37-29-25-22-20-18-19-21-23-27-32-38-44-56(4)5/h56-60,65H,7-55H2,1-6H3,(H,70,71)(H,72,73)/t57?,58-,59+,60+/m0/s1. The highest BCUT2D eigenvalue weighted by molar-refractivity contribution is 7.47. The molecule has 0 spiro atoms. The molecule has 17 nitrogen and oxygen atoms in total. The van der Waals surface area contributed by atoms with E-state index in [0.717, 1.165) is 121 Å². The van der Waals surface area contributed by atoms with Gasteiger partial charge >= 0.3 is 39.5 Å². The van der Waals surface area contributed by atoms with E-state index in [1.165, 1.54) is 116 Å². The fourth-order valence-electron chi connectivity index (χ4n) is 9.50. The van der Waals surface area contributed by atoms with Crippen molar-refractivity contribution in [2.45, 2.75) is 336 Å². The molecule has 0 aromatic rings. The summed E-state index contributed by atoms with van der Waals surface area (Å²) in [4.78, 5) is 72.1. The van der Waals surface area contributed by atoms with Crippen LogP contribution in [0.15, 0.2) is 0 Å². The molecule has 0 aromatic heterocycles. The minimum Gasteiger partial charge on any atom is -0.462 e. The molecule has 0 aliphatic carbocycles. The normalized spacial score (nSPS) is 14.6. The molecule has 0 radical (unpaired) electrons. The molecule has 0 aliphatic rings. The van der Waals surface area contributed by atoms with Crippen molar-refractivity contribution >= 4 is 39.5 Å². The Balaban J connectivity index is 5.20. The molecule has 0 saturated carbocycles. The van der Waals surface area contributed by atoms with Gasteiger partial charge in [0.1, 0.15) is 19.3 Å². The minimum absolute atomic E-state index is 0.106. The van der Waals surface area contributed by atoms with E-state index in [4.69, 9.17) is 37.0 Å². The highest BCUT2D eigenvalue weighted by Crippen LogP contribution is 2.45. The van der Waals surface area contributed by atoms with Gasteiger partial charge in [0, 0.05) is 25.7 Å². The molecular formula is C64H124O17P2. The number of esters is 4. The van der Waals surface area contributed by atoms with Gasteiger partial charge in [0.25, 0.3) is 0 Å². The summed E-state index contributed by atoms with van der Waals surface area (Å²) in [6.45, 7) is 9.43. The molecule has 3 N–H and O–H groups in total. The number of phosphoric acid groups is 2. The molecule has 0 bridgehead atoms. The van der Waals surface area contributed by atoms with E-state index >= 15 is 0 Å². The van der Waals surface area contributed by atoms with Crippen LogP contribution in [0.5, 0.6) is 0 Å². The van der Waals surface area contributed by atoms with Crippen molar-refractivity contribution in [3.63, 3.8) is 0 Å². The second-order valence-electron chi connectivity index (χ2n) is 23.9. The van der Waals surface area contributed by atoms with Crippen LogP contribution in [0.2, 0.25) is 0 Å². The lowest BCUT2D eigenvalue weighted by Crippen LogP contribution is -2.30. The van der Waals surface area contributed by atoms with E-state index < -0.39 is 97.5 Å². The van der Waals surface area contributed by atoms with Gasteiger partial charge < -0.3 is 33.8 Å². The Kier molecular flexibility index (Phi) is 55.2. The Hall–Kier alpha value is -1.94. The Labute approximate surface area is 505 Å². The molecule has 19 heteroatoms. The van der Waals surface area contributed by atoms with Crippen LogP contribution < -0.4 is 0 Å². The summed E-state index contributed by atoms with van der Waals surface area (Å²) < 4.78 is 67.9. The van der Waals surface area contributed by atoms with Crippen molar-refractivity contribution < 1.29 is 80.2 Å². The summed E-state index contributed by atoms with van der Waals surface area (Å²) >= 11 is 0. The molecule has 0 saturated heterocycles. The third kappa shape index (κ3) is 57.6. The molecule has 0 amide bonds. The predicted molar refractivity (Wildman–Crippen MR) is 331 cm³/mol. The average Bonchev–Trinajstić information content (AvgIpc) is 3.46. The zero-order valence-corrected chi connectivity index (χ0v) is 55.3. The molecule has 6 atom stereocenters. The van der Waals surface area contributed by atoms with E-state index in [-0.39, 0.29) is 25.7 Å². The van der Waals surface area contributed by atoms with Crippen molar-refractivity contribution in [2.75, 3.05) is 39.6 Å². The van der Waals surface area contributed by atoms with Crippen LogP contribution in [-0.4, -0.2) is 96.7 Å². The Morgan fingerprint density at radius 3 is 0.916 bits per heavy atom. The molecule has 0 rings (SSSR count). The zero-order valence-electron chi connectivity index (χ0n) is 53.5. The van der Waals surface area contributed by atoms with Gasteiger partial charge in [-0.05, 0) is 37.5 Å². The largest absolute Gasteiger partial charge is 0.472 e.